The number of primary amides is 1. The normalized spacial score (nSPS) is 18.9. The van der Waals surface area contributed by atoms with E-state index >= 15 is 0 Å². The van der Waals surface area contributed by atoms with Crippen molar-refractivity contribution in [3.05, 3.63) is 41.6 Å². The zero-order valence-electron chi connectivity index (χ0n) is 16.4. The molecule has 0 unspecified atom stereocenters. The van der Waals surface area contributed by atoms with Crippen molar-refractivity contribution in [2.75, 3.05) is 19.7 Å². The lowest BCUT2D eigenvalue weighted by molar-refractivity contribution is -0.154. The number of hydrogen-bond acceptors (Lipinski definition) is 5. The number of piperidine rings is 1. The Bertz CT molecular complexity index is 842. The predicted octanol–water partition coefficient (Wildman–Crippen LogP) is 1.22. The average molecular weight is 399 g/mol. The van der Waals surface area contributed by atoms with Gasteiger partial charge in [0.1, 0.15) is 0 Å². The topological polar surface area (TPSA) is 110 Å². The molecule has 0 spiro atoms. The highest BCUT2D eigenvalue weighted by Crippen LogP contribution is 2.33. The highest BCUT2D eigenvalue weighted by molar-refractivity contribution is 5.83. The summed E-state index contributed by atoms with van der Waals surface area (Å²) in [7, 11) is 0. The Kier molecular flexibility index (Phi) is 6.31. The molecule has 29 heavy (non-hydrogen) atoms. The van der Waals surface area contributed by atoms with Crippen LogP contribution < -0.4 is 5.73 Å². The van der Waals surface area contributed by atoms with Gasteiger partial charge in [0.2, 0.25) is 11.8 Å². The van der Waals surface area contributed by atoms with Crippen LogP contribution in [-0.4, -0.2) is 53.2 Å². The van der Waals surface area contributed by atoms with Gasteiger partial charge in [-0.25, -0.2) is 0 Å². The molecule has 1 atom stereocenters. The van der Waals surface area contributed by atoms with Crippen molar-refractivity contribution in [3.63, 3.8) is 0 Å². The zero-order valence-corrected chi connectivity index (χ0v) is 16.4. The van der Waals surface area contributed by atoms with Crippen LogP contribution in [0.5, 0.6) is 0 Å². The number of likely N-dealkylation sites (tertiary alicyclic amines) is 1. The third-order valence-electron chi connectivity index (χ3n) is 5.44. The number of ether oxygens (including phenoxy) is 1. The van der Waals surface area contributed by atoms with Crippen molar-refractivity contribution in [2.45, 2.75) is 32.2 Å². The van der Waals surface area contributed by atoms with Crippen LogP contribution in [0.25, 0.3) is 6.08 Å². The van der Waals surface area contributed by atoms with Crippen molar-refractivity contribution >= 4 is 29.8 Å². The van der Waals surface area contributed by atoms with E-state index in [0.29, 0.717) is 25.9 Å². The fourth-order valence-corrected chi connectivity index (χ4v) is 3.78. The maximum atomic E-state index is 12.4. The molecule has 1 aromatic carbocycles. The van der Waals surface area contributed by atoms with E-state index in [1.165, 1.54) is 11.8 Å². The summed E-state index contributed by atoms with van der Waals surface area (Å²) in [5, 5.41) is 0. The minimum Gasteiger partial charge on any atom is -0.455 e. The third-order valence-corrected chi connectivity index (χ3v) is 5.44. The lowest BCUT2D eigenvalue weighted by Crippen LogP contribution is -2.43. The Labute approximate surface area is 169 Å². The number of rotatable bonds is 5. The maximum absolute atomic E-state index is 12.4. The van der Waals surface area contributed by atoms with Gasteiger partial charge in [0.25, 0.3) is 5.91 Å². The number of amides is 3. The Morgan fingerprint density at radius 3 is 2.48 bits per heavy atom. The molecule has 154 valence electrons. The van der Waals surface area contributed by atoms with Gasteiger partial charge in [-0.3, -0.25) is 19.2 Å². The Morgan fingerprint density at radius 2 is 1.83 bits per heavy atom. The van der Waals surface area contributed by atoms with E-state index < -0.39 is 12.0 Å². The first-order valence-electron chi connectivity index (χ1n) is 9.65. The van der Waals surface area contributed by atoms with Gasteiger partial charge in [-0.05, 0) is 30.0 Å². The number of fused-ring (bicyclic) bond motifs is 1. The first-order valence-corrected chi connectivity index (χ1v) is 9.65. The molecule has 3 rings (SSSR count). The molecule has 1 aromatic rings. The number of nitrogens with zero attached hydrogens (tertiary/aromatic N) is 2. The first kappa shape index (κ1) is 20.6. The second kappa shape index (κ2) is 8.89. The molecule has 0 bridgehead atoms. The Morgan fingerprint density at radius 1 is 1.14 bits per heavy atom. The molecule has 2 aliphatic rings. The summed E-state index contributed by atoms with van der Waals surface area (Å²) < 4.78 is 5.19. The van der Waals surface area contributed by atoms with Crippen LogP contribution in [0, 0.1) is 5.92 Å². The quantitative estimate of drug-likeness (QED) is 0.749. The molecular weight excluding hydrogens is 374 g/mol. The molecule has 0 saturated carbocycles. The molecule has 0 radical (unpaired) electrons. The summed E-state index contributed by atoms with van der Waals surface area (Å²) in [5.41, 5.74) is 7.10. The summed E-state index contributed by atoms with van der Waals surface area (Å²) in [6.07, 6.45) is 4.49. The number of esters is 1. The van der Waals surface area contributed by atoms with E-state index in [9.17, 15) is 19.2 Å². The maximum Gasteiger partial charge on any atom is 0.308 e. The summed E-state index contributed by atoms with van der Waals surface area (Å²) in [6.45, 7) is 1.92. The largest absolute Gasteiger partial charge is 0.455 e. The van der Waals surface area contributed by atoms with Crippen LogP contribution in [0.4, 0.5) is 0 Å². The minimum atomic E-state index is -0.549. The summed E-state index contributed by atoms with van der Waals surface area (Å²) in [4.78, 5) is 51.0. The van der Waals surface area contributed by atoms with Crippen molar-refractivity contribution in [3.8, 4) is 0 Å². The van der Waals surface area contributed by atoms with Gasteiger partial charge < -0.3 is 20.3 Å². The highest BCUT2D eigenvalue weighted by Gasteiger charge is 2.30. The van der Waals surface area contributed by atoms with Crippen LogP contribution in [0.15, 0.2) is 30.5 Å². The van der Waals surface area contributed by atoms with E-state index in [1.54, 1.807) is 11.1 Å². The molecule has 1 saturated heterocycles. The minimum absolute atomic E-state index is 0.0437. The van der Waals surface area contributed by atoms with Crippen LogP contribution in [-0.2, 0) is 23.9 Å². The van der Waals surface area contributed by atoms with Crippen LogP contribution in [0.3, 0.4) is 0 Å². The number of carbonyl (C=O) groups excluding carboxylic acids is 4. The third kappa shape index (κ3) is 4.82. The fourth-order valence-electron chi connectivity index (χ4n) is 3.78. The molecule has 2 N–H and O–H groups in total. The number of carbonyl (C=O) groups is 4. The lowest BCUT2D eigenvalue weighted by Gasteiger charge is -2.32. The van der Waals surface area contributed by atoms with Gasteiger partial charge in [0, 0.05) is 32.1 Å². The second-order valence-electron chi connectivity index (χ2n) is 7.31. The smallest absolute Gasteiger partial charge is 0.308 e. The molecule has 2 aliphatic heterocycles. The molecule has 8 nitrogen and oxygen atoms in total. The number of hydrogen-bond donors (Lipinski definition) is 1. The molecule has 0 aromatic heterocycles. The highest BCUT2D eigenvalue weighted by atomic mass is 16.5. The average Bonchev–Trinajstić information content (AvgIpc) is 2.72. The summed E-state index contributed by atoms with van der Waals surface area (Å²) >= 11 is 0. The van der Waals surface area contributed by atoms with Gasteiger partial charge in [0.15, 0.2) is 6.61 Å². The predicted molar refractivity (Wildman–Crippen MR) is 105 cm³/mol. The van der Waals surface area contributed by atoms with Crippen LogP contribution in [0.2, 0.25) is 0 Å². The molecule has 0 aliphatic carbocycles. The van der Waals surface area contributed by atoms with Gasteiger partial charge in [-0.15, -0.1) is 0 Å². The molecule has 1 fully saturated rings. The Hall–Kier alpha value is -3.16. The summed E-state index contributed by atoms with van der Waals surface area (Å²) in [6, 6.07) is 7.07. The van der Waals surface area contributed by atoms with Gasteiger partial charge >= 0.3 is 5.97 Å². The van der Waals surface area contributed by atoms with Crippen molar-refractivity contribution in [1.82, 2.24) is 9.80 Å². The van der Waals surface area contributed by atoms with Crippen molar-refractivity contribution < 1.29 is 23.9 Å². The SMILES string of the molecule is CC(=O)N1C=Cc2ccccc2[C@@H]1CC(=O)OCC(=O)N1CCC(C(N)=O)CC1. The first-order chi connectivity index (χ1) is 13.9. The fraction of sp³-hybridized carbons (Fsp3) is 0.429. The zero-order chi connectivity index (χ0) is 21.0. The van der Waals surface area contributed by atoms with E-state index in [1.807, 2.05) is 30.3 Å². The molecular formula is C21H25N3O5. The number of benzene rings is 1. The van der Waals surface area contributed by atoms with Crippen LogP contribution >= 0.6 is 0 Å². The summed E-state index contributed by atoms with van der Waals surface area (Å²) in [5.74, 6) is -1.58. The lowest BCUT2D eigenvalue weighted by atomic mass is 9.94. The van der Waals surface area contributed by atoms with Gasteiger partial charge in [-0.1, -0.05) is 24.3 Å². The van der Waals surface area contributed by atoms with Crippen molar-refractivity contribution in [2.24, 2.45) is 11.7 Å². The van der Waals surface area contributed by atoms with Crippen LogP contribution in [0.1, 0.15) is 43.4 Å². The second-order valence-corrected chi connectivity index (χ2v) is 7.31. The van der Waals surface area contributed by atoms with Gasteiger partial charge in [-0.2, -0.15) is 0 Å². The van der Waals surface area contributed by atoms with E-state index in [-0.39, 0.29) is 36.7 Å². The van der Waals surface area contributed by atoms with Gasteiger partial charge in [0.05, 0.1) is 12.5 Å². The van der Waals surface area contributed by atoms with E-state index in [0.717, 1.165) is 11.1 Å². The standard InChI is InChI=1S/C21H25N3O5/c1-14(25)24-11-8-15-4-2-3-5-17(15)18(24)12-20(27)29-13-19(26)23-9-6-16(7-10-23)21(22)28/h2-5,8,11,16,18H,6-7,9-10,12-13H2,1H3,(H2,22,28)/t18-/m0/s1. The molecule has 8 heteroatoms. The Balaban J connectivity index is 1.56. The molecule has 3 amide bonds. The number of nitrogens with two attached hydrogens (primary N) is 1. The monoisotopic (exact) mass is 399 g/mol. The van der Waals surface area contributed by atoms with E-state index in [2.05, 4.69) is 0 Å². The molecule has 2 heterocycles. The van der Waals surface area contributed by atoms with Crippen molar-refractivity contribution in [1.29, 1.82) is 0 Å². The van der Waals surface area contributed by atoms with E-state index in [4.69, 9.17) is 10.5 Å².